The minimum absolute atomic E-state index is 0.147. The highest BCUT2D eigenvalue weighted by Gasteiger charge is 2.26. The number of nitrogens with zero attached hydrogens (tertiary/aromatic N) is 5. The molecule has 0 aliphatic carbocycles. The minimum atomic E-state index is -2.96. The van der Waals surface area contributed by atoms with Crippen LogP contribution in [0.3, 0.4) is 0 Å². The van der Waals surface area contributed by atoms with Gasteiger partial charge in [-0.15, -0.1) is 10.2 Å². The molecule has 1 aliphatic rings. The van der Waals surface area contributed by atoms with Gasteiger partial charge in [0.2, 0.25) is 5.82 Å². The summed E-state index contributed by atoms with van der Waals surface area (Å²) >= 11 is 0. The molecule has 21 heavy (non-hydrogen) atoms. The van der Waals surface area contributed by atoms with Crippen LogP contribution in [0.4, 0.5) is 0 Å². The average Bonchev–Trinajstić information content (AvgIpc) is 2.91. The summed E-state index contributed by atoms with van der Waals surface area (Å²) < 4.78 is 33.0. The van der Waals surface area contributed by atoms with Gasteiger partial charge in [0.25, 0.3) is 0 Å². The van der Waals surface area contributed by atoms with Crippen molar-refractivity contribution in [1.82, 2.24) is 25.1 Å². The van der Waals surface area contributed by atoms with Gasteiger partial charge in [-0.1, -0.05) is 0 Å². The van der Waals surface area contributed by atoms with Crippen LogP contribution in [0, 0.1) is 0 Å². The van der Waals surface area contributed by atoms with Crippen LogP contribution < -0.4 is 0 Å². The highest BCUT2D eigenvalue weighted by Crippen LogP contribution is 2.18. The molecule has 1 aromatic rings. The maximum absolute atomic E-state index is 11.2. The van der Waals surface area contributed by atoms with Gasteiger partial charge in [-0.2, -0.15) is 4.80 Å². The van der Waals surface area contributed by atoms with E-state index < -0.39 is 9.84 Å². The lowest BCUT2D eigenvalue weighted by Gasteiger charge is -2.31. The van der Waals surface area contributed by atoms with Crippen molar-refractivity contribution < 1.29 is 17.9 Å². The van der Waals surface area contributed by atoms with Crippen molar-refractivity contribution >= 4 is 9.84 Å². The molecule has 1 aliphatic heterocycles. The van der Waals surface area contributed by atoms with E-state index in [9.17, 15) is 8.42 Å². The van der Waals surface area contributed by atoms with E-state index in [1.165, 1.54) is 11.1 Å². The Kier molecular flexibility index (Phi) is 5.62. The van der Waals surface area contributed by atoms with Crippen molar-refractivity contribution in [2.75, 3.05) is 52.0 Å². The smallest absolute Gasteiger partial charge is 0.204 e. The van der Waals surface area contributed by atoms with Crippen LogP contribution in [0.1, 0.15) is 11.9 Å². The van der Waals surface area contributed by atoms with Crippen molar-refractivity contribution in [1.29, 1.82) is 0 Å². The van der Waals surface area contributed by atoms with Crippen LogP contribution in [-0.4, -0.2) is 85.5 Å². The molecule has 1 saturated heterocycles. The summed E-state index contributed by atoms with van der Waals surface area (Å²) in [6.45, 7) is 3.36. The fraction of sp³-hybridized carbons (Fsp3) is 0.909. The molecular formula is C11H21N5O4S. The molecule has 2 rings (SSSR count). The predicted octanol–water partition coefficient (Wildman–Crippen LogP) is -1.26. The van der Waals surface area contributed by atoms with E-state index in [0.717, 1.165) is 0 Å². The summed E-state index contributed by atoms with van der Waals surface area (Å²) in [7, 11) is -1.34. The van der Waals surface area contributed by atoms with Gasteiger partial charge in [0.15, 0.2) is 0 Å². The molecule has 0 bridgehead atoms. The number of sulfone groups is 1. The van der Waals surface area contributed by atoms with Crippen LogP contribution in [0.2, 0.25) is 0 Å². The Morgan fingerprint density at radius 2 is 2.24 bits per heavy atom. The standard InChI is InChI=1S/C11H21N5O4S/c1-19-6-4-16-13-11(12-14-16)10-9-15(3-7-20-10)5-8-21(2,17)18/h10H,3-9H2,1-2H3. The Morgan fingerprint density at radius 3 is 2.95 bits per heavy atom. The van der Waals surface area contributed by atoms with Crippen LogP contribution in [0.5, 0.6) is 0 Å². The van der Waals surface area contributed by atoms with E-state index in [1.807, 2.05) is 4.90 Å². The first-order valence-corrected chi connectivity index (χ1v) is 8.82. The number of hydrogen-bond acceptors (Lipinski definition) is 8. The molecule has 120 valence electrons. The summed E-state index contributed by atoms with van der Waals surface area (Å²) in [6.07, 6.45) is 0.975. The number of hydrogen-bond donors (Lipinski definition) is 0. The Labute approximate surface area is 124 Å². The van der Waals surface area contributed by atoms with Crippen molar-refractivity contribution in [2.45, 2.75) is 12.6 Å². The van der Waals surface area contributed by atoms with Crippen LogP contribution in [0.15, 0.2) is 0 Å². The lowest BCUT2D eigenvalue weighted by atomic mass is 10.2. The Hall–Kier alpha value is -1.10. The second kappa shape index (κ2) is 7.25. The van der Waals surface area contributed by atoms with Gasteiger partial charge in [0.1, 0.15) is 15.9 Å². The second-order valence-electron chi connectivity index (χ2n) is 5.03. The van der Waals surface area contributed by atoms with Crippen molar-refractivity contribution in [3.8, 4) is 0 Å². The zero-order valence-electron chi connectivity index (χ0n) is 12.3. The van der Waals surface area contributed by atoms with Gasteiger partial charge in [0.05, 0.1) is 25.5 Å². The van der Waals surface area contributed by atoms with E-state index in [2.05, 4.69) is 15.4 Å². The molecule has 2 heterocycles. The molecular weight excluding hydrogens is 298 g/mol. The quantitative estimate of drug-likeness (QED) is 0.614. The molecule has 0 aromatic carbocycles. The number of tetrazole rings is 1. The Balaban J connectivity index is 1.89. The fourth-order valence-electron chi connectivity index (χ4n) is 2.01. The maximum Gasteiger partial charge on any atom is 0.204 e. The normalized spacial score (nSPS) is 20.8. The summed E-state index contributed by atoms with van der Waals surface area (Å²) in [4.78, 5) is 3.52. The zero-order chi connectivity index (χ0) is 15.3. The fourth-order valence-corrected chi connectivity index (χ4v) is 2.60. The molecule has 0 saturated carbocycles. The lowest BCUT2D eigenvalue weighted by molar-refractivity contribution is -0.0325. The van der Waals surface area contributed by atoms with Gasteiger partial charge in [-0.25, -0.2) is 8.42 Å². The van der Waals surface area contributed by atoms with E-state index in [4.69, 9.17) is 9.47 Å². The third kappa shape index (κ3) is 5.30. The van der Waals surface area contributed by atoms with Gasteiger partial charge in [-0.3, -0.25) is 4.90 Å². The first-order chi connectivity index (χ1) is 9.98. The third-order valence-corrected chi connectivity index (χ3v) is 4.10. The number of methoxy groups -OCH3 is 1. The summed E-state index contributed by atoms with van der Waals surface area (Å²) in [6, 6.07) is 0. The molecule has 0 N–H and O–H groups in total. The van der Waals surface area contributed by atoms with Gasteiger partial charge >= 0.3 is 0 Å². The molecule has 0 spiro atoms. The van der Waals surface area contributed by atoms with E-state index in [1.54, 1.807) is 7.11 Å². The number of morpholine rings is 1. The van der Waals surface area contributed by atoms with Crippen molar-refractivity contribution in [3.05, 3.63) is 5.82 Å². The van der Waals surface area contributed by atoms with Crippen molar-refractivity contribution in [3.63, 3.8) is 0 Å². The number of aromatic nitrogens is 4. The highest BCUT2D eigenvalue weighted by molar-refractivity contribution is 7.90. The predicted molar refractivity (Wildman–Crippen MR) is 74.5 cm³/mol. The molecule has 1 unspecified atom stereocenters. The Bertz CT molecular complexity index is 547. The molecule has 1 atom stereocenters. The van der Waals surface area contributed by atoms with E-state index in [0.29, 0.717) is 45.2 Å². The SMILES string of the molecule is COCCn1nnc(C2CN(CCS(C)(=O)=O)CCO2)n1. The van der Waals surface area contributed by atoms with Crippen molar-refractivity contribution in [2.24, 2.45) is 0 Å². The number of ether oxygens (including phenoxy) is 2. The van der Waals surface area contributed by atoms with Gasteiger partial charge in [-0.05, 0) is 5.21 Å². The summed E-state index contributed by atoms with van der Waals surface area (Å²) in [5.74, 6) is 0.670. The molecule has 1 aromatic heterocycles. The van der Waals surface area contributed by atoms with E-state index >= 15 is 0 Å². The zero-order valence-corrected chi connectivity index (χ0v) is 13.1. The second-order valence-corrected chi connectivity index (χ2v) is 7.29. The molecule has 9 nitrogen and oxygen atoms in total. The summed E-state index contributed by atoms with van der Waals surface area (Å²) in [5, 5.41) is 12.2. The largest absolute Gasteiger partial charge is 0.383 e. The molecule has 0 amide bonds. The first-order valence-electron chi connectivity index (χ1n) is 6.76. The first kappa shape index (κ1) is 16.3. The monoisotopic (exact) mass is 319 g/mol. The molecule has 0 radical (unpaired) electrons. The average molecular weight is 319 g/mol. The van der Waals surface area contributed by atoms with Gasteiger partial charge in [0, 0.05) is 33.0 Å². The van der Waals surface area contributed by atoms with Crippen LogP contribution in [0.25, 0.3) is 0 Å². The van der Waals surface area contributed by atoms with Crippen LogP contribution in [-0.2, 0) is 25.9 Å². The van der Waals surface area contributed by atoms with Gasteiger partial charge < -0.3 is 9.47 Å². The number of rotatable bonds is 7. The maximum atomic E-state index is 11.2. The molecule has 10 heteroatoms. The highest BCUT2D eigenvalue weighted by atomic mass is 32.2. The van der Waals surface area contributed by atoms with E-state index in [-0.39, 0.29) is 11.9 Å². The summed E-state index contributed by atoms with van der Waals surface area (Å²) in [5.41, 5.74) is 0. The molecule has 1 fully saturated rings. The third-order valence-electron chi connectivity index (χ3n) is 3.18. The van der Waals surface area contributed by atoms with Crippen LogP contribution >= 0.6 is 0 Å². The lowest BCUT2D eigenvalue weighted by Crippen LogP contribution is -2.41. The Morgan fingerprint density at radius 1 is 1.43 bits per heavy atom. The minimum Gasteiger partial charge on any atom is -0.383 e. The topological polar surface area (TPSA) is 99.4 Å².